The standard InChI is InChI=1S/C18H20ClNO/c1-2-14-3-5-16(6-4-14)13-18(21)20-12-11-15-7-9-17(19)10-8-15/h3-10H,2,11-13H2,1H3,(H,20,21). The van der Waals surface area contributed by atoms with Crippen molar-refractivity contribution in [2.75, 3.05) is 6.54 Å². The Bertz CT molecular complexity index is 575. The summed E-state index contributed by atoms with van der Waals surface area (Å²) in [5, 5.41) is 3.69. The van der Waals surface area contributed by atoms with Gasteiger partial charge in [0.05, 0.1) is 6.42 Å². The Kier molecular flexibility index (Phi) is 5.82. The van der Waals surface area contributed by atoms with Crippen LogP contribution in [0.1, 0.15) is 23.6 Å². The highest BCUT2D eigenvalue weighted by Crippen LogP contribution is 2.09. The molecule has 0 radical (unpaired) electrons. The zero-order chi connectivity index (χ0) is 15.1. The quantitative estimate of drug-likeness (QED) is 0.864. The number of benzene rings is 2. The fraction of sp³-hybridized carbons (Fsp3) is 0.278. The van der Waals surface area contributed by atoms with E-state index in [0.29, 0.717) is 13.0 Å². The molecule has 0 aliphatic rings. The predicted octanol–water partition coefficient (Wildman–Crippen LogP) is 3.80. The third-order valence-electron chi connectivity index (χ3n) is 3.45. The summed E-state index contributed by atoms with van der Waals surface area (Å²) in [4.78, 5) is 11.9. The highest BCUT2D eigenvalue weighted by atomic mass is 35.5. The molecule has 0 atom stereocenters. The van der Waals surface area contributed by atoms with Gasteiger partial charge in [-0.15, -0.1) is 0 Å². The van der Waals surface area contributed by atoms with Gasteiger partial charge in [-0.05, 0) is 41.7 Å². The number of hydrogen-bond donors (Lipinski definition) is 1. The lowest BCUT2D eigenvalue weighted by atomic mass is 10.1. The van der Waals surface area contributed by atoms with E-state index in [1.165, 1.54) is 11.1 Å². The van der Waals surface area contributed by atoms with Crippen LogP contribution in [-0.4, -0.2) is 12.5 Å². The second-order valence-electron chi connectivity index (χ2n) is 5.07. The van der Waals surface area contributed by atoms with Crippen LogP contribution in [0.5, 0.6) is 0 Å². The molecule has 21 heavy (non-hydrogen) atoms. The summed E-state index contributed by atoms with van der Waals surface area (Å²) in [7, 11) is 0. The Hall–Kier alpha value is -1.80. The Labute approximate surface area is 131 Å². The second-order valence-corrected chi connectivity index (χ2v) is 5.51. The van der Waals surface area contributed by atoms with Crippen molar-refractivity contribution >= 4 is 17.5 Å². The van der Waals surface area contributed by atoms with Gasteiger partial charge in [0.25, 0.3) is 0 Å². The number of aryl methyl sites for hydroxylation is 1. The zero-order valence-corrected chi connectivity index (χ0v) is 13.0. The molecule has 110 valence electrons. The number of hydrogen-bond acceptors (Lipinski definition) is 1. The first-order valence-corrected chi connectivity index (χ1v) is 7.64. The lowest BCUT2D eigenvalue weighted by Gasteiger charge is -2.06. The maximum Gasteiger partial charge on any atom is 0.224 e. The molecule has 3 heteroatoms. The van der Waals surface area contributed by atoms with Crippen LogP contribution in [0.2, 0.25) is 5.02 Å². The van der Waals surface area contributed by atoms with E-state index in [-0.39, 0.29) is 5.91 Å². The van der Waals surface area contributed by atoms with E-state index in [4.69, 9.17) is 11.6 Å². The molecular weight excluding hydrogens is 282 g/mol. The highest BCUT2D eigenvalue weighted by Gasteiger charge is 2.03. The minimum atomic E-state index is 0.0632. The molecular formula is C18H20ClNO. The summed E-state index contributed by atoms with van der Waals surface area (Å²) >= 11 is 5.84. The molecule has 0 saturated carbocycles. The topological polar surface area (TPSA) is 29.1 Å². The zero-order valence-electron chi connectivity index (χ0n) is 12.2. The van der Waals surface area contributed by atoms with E-state index in [9.17, 15) is 4.79 Å². The Morgan fingerprint density at radius 3 is 2.14 bits per heavy atom. The van der Waals surface area contributed by atoms with E-state index in [1.807, 2.05) is 36.4 Å². The minimum absolute atomic E-state index is 0.0632. The van der Waals surface area contributed by atoms with Gasteiger partial charge in [-0.2, -0.15) is 0 Å². The van der Waals surface area contributed by atoms with Gasteiger partial charge in [0.1, 0.15) is 0 Å². The molecule has 2 aromatic rings. The van der Waals surface area contributed by atoms with E-state index in [2.05, 4.69) is 24.4 Å². The number of rotatable bonds is 6. The summed E-state index contributed by atoms with van der Waals surface area (Å²) in [6.07, 6.45) is 2.27. The van der Waals surface area contributed by atoms with E-state index in [0.717, 1.165) is 23.4 Å². The smallest absolute Gasteiger partial charge is 0.224 e. The van der Waals surface area contributed by atoms with Crippen molar-refractivity contribution in [2.24, 2.45) is 0 Å². The molecule has 0 fully saturated rings. The number of carbonyl (C=O) groups is 1. The number of amides is 1. The molecule has 0 saturated heterocycles. The minimum Gasteiger partial charge on any atom is -0.355 e. The normalized spacial score (nSPS) is 10.4. The molecule has 2 aromatic carbocycles. The third-order valence-corrected chi connectivity index (χ3v) is 3.70. The highest BCUT2D eigenvalue weighted by molar-refractivity contribution is 6.30. The third kappa shape index (κ3) is 5.24. The van der Waals surface area contributed by atoms with Crippen molar-refractivity contribution in [1.82, 2.24) is 5.32 Å². The molecule has 0 aromatic heterocycles. The van der Waals surface area contributed by atoms with Gasteiger partial charge in [0, 0.05) is 11.6 Å². The summed E-state index contributed by atoms with van der Waals surface area (Å²) in [5.74, 6) is 0.0632. The van der Waals surface area contributed by atoms with E-state index >= 15 is 0 Å². The first kappa shape index (κ1) is 15.6. The van der Waals surface area contributed by atoms with Crippen molar-refractivity contribution < 1.29 is 4.79 Å². The molecule has 1 N–H and O–H groups in total. The number of halogens is 1. The van der Waals surface area contributed by atoms with Crippen LogP contribution in [0.25, 0.3) is 0 Å². The average molecular weight is 302 g/mol. The molecule has 2 rings (SSSR count). The molecule has 0 heterocycles. The summed E-state index contributed by atoms with van der Waals surface area (Å²) in [5.41, 5.74) is 3.52. The van der Waals surface area contributed by atoms with Gasteiger partial charge in [-0.1, -0.05) is 54.9 Å². The monoisotopic (exact) mass is 301 g/mol. The average Bonchev–Trinajstić information content (AvgIpc) is 2.50. The van der Waals surface area contributed by atoms with Crippen LogP contribution in [-0.2, 0) is 24.1 Å². The lowest BCUT2D eigenvalue weighted by molar-refractivity contribution is -0.120. The molecule has 0 aliphatic carbocycles. The van der Waals surface area contributed by atoms with Gasteiger partial charge >= 0.3 is 0 Å². The summed E-state index contributed by atoms with van der Waals surface area (Å²) in [6.45, 7) is 2.77. The molecule has 0 unspecified atom stereocenters. The van der Waals surface area contributed by atoms with Gasteiger partial charge in [-0.25, -0.2) is 0 Å². The van der Waals surface area contributed by atoms with Crippen LogP contribution in [0.4, 0.5) is 0 Å². The van der Waals surface area contributed by atoms with Crippen LogP contribution in [0, 0.1) is 0 Å². The van der Waals surface area contributed by atoms with Gasteiger partial charge < -0.3 is 5.32 Å². The van der Waals surface area contributed by atoms with Crippen molar-refractivity contribution in [2.45, 2.75) is 26.2 Å². The van der Waals surface area contributed by atoms with Gasteiger partial charge in [-0.3, -0.25) is 4.79 Å². The Morgan fingerprint density at radius 1 is 0.952 bits per heavy atom. The molecule has 1 amide bonds. The first-order valence-electron chi connectivity index (χ1n) is 7.26. The molecule has 2 nitrogen and oxygen atoms in total. The lowest BCUT2D eigenvalue weighted by Crippen LogP contribution is -2.27. The number of carbonyl (C=O) groups excluding carboxylic acids is 1. The van der Waals surface area contributed by atoms with E-state index in [1.54, 1.807) is 0 Å². The fourth-order valence-electron chi connectivity index (χ4n) is 2.14. The SMILES string of the molecule is CCc1ccc(CC(=O)NCCc2ccc(Cl)cc2)cc1. The Balaban J connectivity index is 1.75. The van der Waals surface area contributed by atoms with Crippen molar-refractivity contribution in [1.29, 1.82) is 0 Å². The van der Waals surface area contributed by atoms with Crippen molar-refractivity contribution in [3.8, 4) is 0 Å². The maximum absolute atomic E-state index is 11.9. The predicted molar refractivity (Wildman–Crippen MR) is 87.7 cm³/mol. The second kappa shape index (κ2) is 7.84. The van der Waals surface area contributed by atoms with Crippen LogP contribution >= 0.6 is 11.6 Å². The Morgan fingerprint density at radius 2 is 1.52 bits per heavy atom. The van der Waals surface area contributed by atoms with Crippen LogP contribution in [0.15, 0.2) is 48.5 Å². The molecule has 0 spiro atoms. The van der Waals surface area contributed by atoms with Gasteiger partial charge in [0.15, 0.2) is 0 Å². The van der Waals surface area contributed by atoms with Crippen LogP contribution in [0.3, 0.4) is 0 Å². The van der Waals surface area contributed by atoms with Crippen LogP contribution < -0.4 is 5.32 Å². The van der Waals surface area contributed by atoms with Gasteiger partial charge in [0.2, 0.25) is 5.91 Å². The maximum atomic E-state index is 11.9. The van der Waals surface area contributed by atoms with Crippen molar-refractivity contribution in [3.05, 3.63) is 70.2 Å². The first-order chi connectivity index (χ1) is 10.2. The molecule has 0 aliphatic heterocycles. The summed E-state index contributed by atoms with van der Waals surface area (Å²) in [6, 6.07) is 15.9. The molecule has 0 bridgehead atoms. The van der Waals surface area contributed by atoms with E-state index < -0.39 is 0 Å². The largest absolute Gasteiger partial charge is 0.355 e. The number of nitrogens with one attached hydrogen (secondary N) is 1. The fourth-order valence-corrected chi connectivity index (χ4v) is 2.26. The summed E-state index contributed by atoms with van der Waals surface area (Å²) < 4.78 is 0. The van der Waals surface area contributed by atoms with Crippen molar-refractivity contribution in [3.63, 3.8) is 0 Å².